The third-order valence-corrected chi connectivity index (χ3v) is 4.96. The Kier molecular flexibility index (Phi) is 3.68. The molecule has 2 aliphatic heterocycles. The number of nitrogens with zero attached hydrogens (tertiary/aromatic N) is 3. The van der Waals surface area contributed by atoms with Crippen LogP contribution in [-0.2, 0) is 25.9 Å². The van der Waals surface area contributed by atoms with Crippen LogP contribution in [-0.4, -0.2) is 23.1 Å². The van der Waals surface area contributed by atoms with Crippen LogP contribution in [0.1, 0.15) is 22.4 Å². The predicted octanol–water partition coefficient (Wildman–Crippen LogP) is 2.99. The van der Waals surface area contributed by atoms with Gasteiger partial charge in [-0.2, -0.15) is 0 Å². The Bertz CT molecular complexity index is 732. The van der Waals surface area contributed by atoms with Gasteiger partial charge in [-0.25, -0.2) is 9.97 Å². The summed E-state index contributed by atoms with van der Waals surface area (Å²) in [7, 11) is 0. The van der Waals surface area contributed by atoms with E-state index in [1.54, 1.807) is 6.33 Å². The van der Waals surface area contributed by atoms with Crippen molar-refractivity contribution in [3.8, 4) is 0 Å². The van der Waals surface area contributed by atoms with Crippen LogP contribution in [0.3, 0.4) is 0 Å². The molecule has 6 heteroatoms. The Hall–Kier alpha value is -1.36. The summed E-state index contributed by atoms with van der Waals surface area (Å²) in [5.41, 5.74) is 4.81. The first-order chi connectivity index (χ1) is 10.7. The van der Waals surface area contributed by atoms with E-state index in [9.17, 15) is 0 Å². The Balaban J connectivity index is 1.71. The summed E-state index contributed by atoms with van der Waals surface area (Å²) in [6.07, 6.45) is 3.56. The normalized spacial score (nSPS) is 17.1. The zero-order valence-corrected chi connectivity index (χ0v) is 13.6. The molecule has 1 aromatic carbocycles. The molecule has 2 aliphatic rings. The Morgan fingerprint density at radius 3 is 2.91 bits per heavy atom. The van der Waals surface area contributed by atoms with E-state index in [4.69, 9.17) is 23.2 Å². The van der Waals surface area contributed by atoms with Crippen molar-refractivity contribution in [1.29, 1.82) is 0 Å². The van der Waals surface area contributed by atoms with Crippen LogP contribution in [0.2, 0.25) is 10.0 Å². The van der Waals surface area contributed by atoms with Gasteiger partial charge in [-0.3, -0.25) is 0 Å². The van der Waals surface area contributed by atoms with Crippen molar-refractivity contribution < 1.29 is 0 Å². The molecular formula is C16H16Cl2N4. The van der Waals surface area contributed by atoms with E-state index in [0.717, 1.165) is 55.6 Å². The molecule has 1 aromatic heterocycles. The van der Waals surface area contributed by atoms with Crippen molar-refractivity contribution in [2.24, 2.45) is 0 Å². The van der Waals surface area contributed by atoms with Crippen LogP contribution in [0.5, 0.6) is 0 Å². The zero-order chi connectivity index (χ0) is 15.1. The Labute approximate surface area is 139 Å². The van der Waals surface area contributed by atoms with Crippen LogP contribution >= 0.6 is 23.2 Å². The summed E-state index contributed by atoms with van der Waals surface area (Å²) in [5.74, 6) is 1.06. The van der Waals surface area contributed by atoms with E-state index in [1.807, 2.05) is 12.1 Å². The molecule has 0 atom stereocenters. The fourth-order valence-corrected chi connectivity index (χ4v) is 3.96. The van der Waals surface area contributed by atoms with Gasteiger partial charge in [0, 0.05) is 35.2 Å². The average molecular weight is 335 g/mol. The van der Waals surface area contributed by atoms with Gasteiger partial charge in [-0.1, -0.05) is 23.2 Å². The molecule has 0 spiro atoms. The summed E-state index contributed by atoms with van der Waals surface area (Å²) in [5, 5.41) is 4.83. The first kappa shape index (κ1) is 14.2. The zero-order valence-electron chi connectivity index (χ0n) is 12.1. The van der Waals surface area contributed by atoms with Crippen LogP contribution in [0.25, 0.3) is 0 Å². The maximum absolute atomic E-state index is 6.32. The van der Waals surface area contributed by atoms with E-state index in [-0.39, 0.29) is 0 Å². The number of anilines is 1. The molecule has 22 heavy (non-hydrogen) atoms. The second-order valence-corrected chi connectivity index (χ2v) is 6.59. The SMILES string of the molecule is Clc1cc(Cl)c2c(c1)CN(c1ncnc3c1CCNC3)CC2. The van der Waals surface area contributed by atoms with Gasteiger partial charge >= 0.3 is 0 Å². The Morgan fingerprint density at radius 2 is 2.00 bits per heavy atom. The molecule has 4 rings (SSSR count). The number of rotatable bonds is 1. The van der Waals surface area contributed by atoms with Crippen LogP contribution in [0, 0.1) is 0 Å². The van der Waals surface area contributed by atoms with Crippen LogP contribution in [0.4, 0.5) is 5.82 Å². The number of halogens is 2. The minimum atomic E-state index is 0.694. The second kappa shape index (κ2) is 5.69. The third kappa shape index (κ3) is 2.45. The average Bonchev–Trinajstić information content (AvgIpc) is 2.53. The fraction of sp³-hybridized carbons (Fsp3) is 0.375. The highest BCUT2D eigenvalue weighted by Crippen LogP contribution is 2.33. The van der Waals surface area contributed by atoms with E-state index in [2.05, 4.69) is 20.2 Å². The van der Waals surface area contributed by atoms with Gasteiger partial charge in [0.1, 0.15) is 12.1 Å². The highest BCUT2D eigenvalue weighted by atomic mass is 35.5. The molecule has 0 fully saturated rings. The molecule has 2 aromatic rings. The molecule has 0 saturated carbocycles. The number of hydrogen-bond donors (Lipinski definition) is 1. The molecular weight excluding hydrogens is 319 g/mol. The molecule has 0 saturated heterocycles. The lowest BCUT2D eigenvalue weighted by atomic mass is 9.98. The third-order valence-electron chi connectivity index (χ3n) is 4.40. The summed E-state index contributed by atoms with van der Waals surface area (Å²) in [4.78, 5) is 11.3. The molecule has 0 radical (unpaired) electrons. The minimum absolute atomic E-state index is 0.694. The molecule has 0 unspecified atom stereocenters. The number of hydrogen-bond acceptors (Lipinski definition) is 4. The van der Waals surface area contributed by atoms with E-state index < -0.39 is 0 Å². The van der Waals surface area contributed by atoms with Gasteiger partial charge < -0.3 is 10.2 Å². The molecule has 0 aliphatic carbocycles. The lowest BCUT2D eigenvalue weighted by Gasteiger charge is -2.33. The van der Waals surface area contributed by atoms with Crippen molar-refractivity contribution in [2.45, 2.75) is 25.9 Å². The van der Waals surface area contributed by atoms with E-state index in [1.165, 1.54) is 16.7 Å². The second-order valence-electron chi connectivity index (χ2n) is 5.75. The molecule has 1 N–H and O–H groups in total. The smallest absolute Gasteiger partial charge is 0.135 e. The standard InChI is InChI=1S/C16H16Cl2N4/c17-11-5-10-8-22(4-2-12(10)14(18)6-11)16-13-1-3-19-7-15(13)20-9-21-16/h5-6,9,19H,1-4,7-8H2. The number of fused-ring (bicyclic) bond motifs is 2. The quantitative estimate of drug-likeness (QED) is 0.870. The maximum atomic E-state index is 6.32. The van der Waals surface area contributed by atoms with Crippen LogP contribution in [0.15, 0.2) is 18.5 Å². The van der Waals surface area contributed by atoms with Gasteiger partial charge in [0.05, 0.1) is 5.69 Å². The highest BCUT2D eigenvalue weighted by molar-refractivity contribution is 6.35. The molecule has 0 bridgehead atoms. The van der Waals surface area contributed by atoms with Gasteiger partial charge in [0.25, 0.3) is 0 Å². The lowest BCUT2D eigenvalue weighted by molar-refractivity contribution is 0.614. The van der Waals surface area contributed by atoms with Gasteiger partial charge in [0.15, 0.2) is 0 Å². The van der Waals surface area contributed by atoms with Crippen molar-refractivity contribution in [3.05, 3.63) is 50.9 Å². The van der Waals surface area contributed by atoms with E-state index in [0.29, 0.717) is 5.02 Å². The predicted molar refractivity (Wildman–Crippen MR) is 88.7 cm³/mol. The lowest BCUT2D eigenvalue weighted by Crippen LogP contribution is -2.34. The van der Waals surface area contributed by atoms with Gasteiger partial charge in [-0.05, 0) is 42.6 Å². The first-order valence-electron chi connectivity index (χ1n) is 7.47. The number of benzene rings is 1. The molecule has 3 heterocycles. The van der Waals surface area contributed by atoms with Gasteiger partial charge in [-0.15, -0.1) is 0 Å². The number of nitrogens with one attached hydrogen (secondary N) is 1. The number of aromatic nitrogens is 2. The summed E-state index contributed by atoms with van der Waals surface area (Å²) in [6.45, 7) is 3.53. The van der Waals surface area contributed by atoms with Crippen molar-refractivity contribution in [2.75, 3.05) is 18.0 Å². The summed E-state index contributed by atoms with van der Waals surface area (Å²) in [6, 6.07) is 3.85. The maximum Gasteiger partial charge on any atom is 0.135 e. The first-order valence-corrected chi connectivity index (χ1v) is 8.23. The summed E-state index contributed by atoms with van der Waals surface area (Å²) >= 11 is 12.5. The highest BCUT2D eigenvalue weighted by Gasteiger charge is 2.24. The monoisotopic (exact) mass is 334 g/mol. The van der Waals surface area contributed by atoms with E-state index >= 15 is 0 Å². The van der Waals surface area contributed by atoms with Crippen molar-refractivity contribution in [3.63, 3.8) is 0 Å². The summed E-state index contributed by atoms with van der Waals surface area (Å²) < 4.78 is 0. The van der Waals surface area contributed by atoms with Gasteiger partial charge in [0.2, 0.25) is 0 Å². The van der Waals surface area contributed by atoms with Crippen LogP contribution < -0.4 is 10.2 Å². The molecule has 0 amide bonds. The van der Waals surface area contributed by atoms with Crippen molar-refractivity contribution in [1.82, 2.24) is 15.3 Å². The van der Waals surface area contributed by atoms with Crippen molar-refractivity contribution >= 4 is 29.0 Å². The fourth-order valence-electron chi connectivity index (χ4n) is 3.33. The Morgan fingerprint density at radius 1 is 1.09 bits per heavy atom. The topological polar surface area (TPSA) is 41.1 Å². The molecule has 114 valence electrons. The minimum Gasteiger partial charge on any atom is -0.352 e. The largest absolute Gasteiger partial charge is 0.352 e. The molecule has 4 nitrogen and oxygen atoms in total.